The Labute approximate surface area is 92.6 Å². The van der Waals surface area contributed by atoms with Gasteiger partial charge in [-0.05, 0) is 26.4 Å². The molecule has 1 unspecified atom stereocenters. The number of nitrogens with zero attached hydrogens (tertiary/aromatic N) is 1. The van der Waals surface area contributed by atoms with Crippen molar-refractivity contribution in [1.82, 2.24) is 4.90 Å². The van der Waals surface area contributed by atoms with Gasteiger partial charge in [0.15, 0.2) is 0 Å². The number of rotatable bonds is 0. The van der Waals surface area contributed by atoms with Crippen LogP contribution in [-0.4, -0.2) is 43.6 Å². The summed E-state index contributed by atoms with van der Waals surface area (Å²) in [6, 6.07) is 0. The first-order chi connectivity index (χ1) is 6.49. The molecule has 2 rings (SSSR count). The van der Waals surface area contributed by atoms with E-state index in [9.17, 15) is 0 Å². The monoisotopic (exact) mass is 219 g/mol. The lowest BCUT2D eigenvalue weighted by Crippen LogP contribution is -2.36. The number of alkyl halides is 1. The van der Waals surface area contributed by atoms with Crippen molar-refractivity contribution in [2.24, 2.45) is 5.41 Å². The molecular formula is C11H22ClNO. The van der Waals surface area contributed by atoms with Crippen LogP contribution in [0.5, 0.6) is 0 Å². The summed E-state index contributed by atoms with van der Waals surface area (Å²) in [5.41, 5.74) is 0.500. The van der Waals surface area contributed by atoms with E-state index in [1.165, 1.54) is 19.4 Å². The molecule has 2 aliphatic rings. The second kappa shape index (κ2) is 5.34. The van der Waals surface area contributed by atoms with Gasteiger partial charge in [-0.15, -0.1) is 11.6 Å². The highest BCUT2D eigenvalue weighted by Crippen LogP contribution is 2.24. The first-order valence-electron chi connectivity index (χ1n) is 5.40. The van der Waals surface area contributed by atoms with Crippen LogP contribution in [0.4, 0.5) is 0 Å². The third-order valence-electron chi connectivity index (χ3n) is 2.55. The molecule has 0 bridgehead atoms. The van der Waals surface area contributed by atoms with Gasteiger partial charge in [0, 0.05) is 17.3 Å². The first-order valence-corrected chi connectivity index (χ1v) is 5.84. The van der Waals surface area contributed by atoms with Gasteiger partial charge < -0.3 is 9.64 Å². The van der Waals surface area contributed by atoms with Crippen molar-refractivity contribution in [3.8, 4) is 0 Å². The molecule has 2 aliphatic heterocycles. The maximum Gasteiger partial charge on any atom is 0.0539 e. The zero-order valence-electron chi connectivity index (χ0n) is 9.55. The van der Waals surface area contributed by atoms with E-state index in [0.29, 0.717) is 10.8 Å². The summed E-state index contributed by atoms with van der Waals surface area (Å²) in [5.74, 6) is 0. The molecule has 14 heavy (non-hydrogen) atoms. The second-order valence-corrected chi connectivity index (χ2v) is 5.78. The zero-order chi connectivity index (χ0) is 10.6. The summed E-state index contributed by atoms with van der Waals surface area (Å²) < 4.78 is 4.94. The SMILES string of the molecule is CC1(C)COC1.CN1CCCC(Cl)C1. The van der Waals surface area contributed by atoms with Crippen LogP contribution in [0.15, 0.2) is 0 Å². The van der Waals surface area contributed by atoms with E-state index < -0.39 is 0 Å². The molecule has 0 N–H and O–H groups in total. The molecule has 0 aliphatic carbocycles. The molecule has 1 atom stereocenters. The van der Waals surface area contributed by atoms with Gasteiger partial charge in [-0.25, -0.2) is 0 Å². The quantitative estimate of drug-likeness (QED) is 0.580. The smallest absolute Gasteiger partial charge is 0.0539 e. The Morgan fingerprint density at radius 3 is 2.14 bits per heavy atom. The average molecular weight is 220 g/mol. The van der Waals surface area contributed by atoms with Crippen molar-refractivity contribution in [2.45, 2.75) is 32.1 Å². The molecule has 0 radical (unpaired) electrons. The average Bonchev–Trinajstić information content (AvgIpc) is 2.02. The van der Waals surface area contributed by atoms with Crippen LogP contribution < -0.4 is 0 Å². The van der Waals surface area contributed by atoms with Gasteiger partial charge in [0.1, 0.15) is 0 Å². The molecule has 2 saturated heterocycles. The lowest BCUT2D eigenvalue weighted by molar-refractivity contribution is -0.0892. The third kappa shape index (κ3) is 4.63. The normalized spacial score (nSPS) is 31.3. The van der Waals surface area contributed by atoms with E-state index in [-0.39, 0.29) is 0 Å². The Balaban J connectivity index is 0.000000146. The molecule has 0 aromatic heterocycles. The Bertz CT molecular complexity index is 159. The van der Waals surface area contributed by atoms with Crippen molar-refractivity contribution in [3.05, 3.63) is 0 Å². The van der Waals surface area contributed by atoms with Crippen LogP contribution in [0.1, 0.15) is 26.7 Å². The summed E-state index contributed by atoms with van der Waals surface area (Å²) in [5, 5.41) is 0.411. The topological polar surface area (TPSA) is 12.5 Å². The Hall–Kier alpha value is 0.210. The minimum Gasteiger partial charge on any atom is -0.380 e. The third-order valence-corrected chi connectivity index (χ3v) is 2.91. The van der Waals surface area contributed by atoms with Gasteiger partial charge in [-0.3, -0.25) is 0 Å². The van der Waals surface area contributed by atoms with Crippen LogP contribution in [0.2, 0.25) is 0 Å². The van der Waals surface area contributed by atoms with E-state index in [1.54, 1.807) is 0 Å². The lowest BCUT2D eigenvalue weighted by Gasteiger charge is -2.33. The van der Waals surface area contributed by atoms with Crippen LogP contribution in [0.25, 0.3) is 0 Å². The fourth-order valence-corrected chi connectivity index (χ4v) is 2.00. The van der Waals surface area contributed by atoms with Gasteiger partial charge in [0.05, 0.1) is 13.2 Å². The van der Waals surface area contributed by atoms with Gasteiger partial charge in [0.2, 0.25) is 0 Å². The van der Waals surface area contributed by atoms with Crippen LogP contribution in [0.3, 0.4) is 0 Å². The highest BCUT2D eigenvalue weighted by Gasteiger charge is 2.26. The van der Waals surface area contributed by atoms with E-state index in [1.807, 2.05) is 0 Å². The van der Waals surface area contributed by atoms with Gasteiger partial charge in [-0.1, -0.05) is 13.8 Å². The van der Waals surface area contributed by atoms with E-state index in [4.69, 9.17) is 16.3 Å². The van der Waals surface area contributed by atoms with Crippen molar-refractivity contribution < 1.29 is 4.74 Å². The number of halogens is 1. The molecule has 0 aromatic carbocycles. The van der Waals surface area contributed by atoms with Crippen LogP contribution >= 0.6 is 11.6 Å². The summed E-state index contributed by atoms with van der Waals surface area (Å²) in [4.78, 5) is 2.28. The number of hydrogen-bond donors (Lipinski definition) is 0. The van der Waals surface area contributed by atoms with Crippen LogP contribution in [0, 0.1) is 5.41 Å². The maximum absolute atomic E-state index is 5.87. The fourth-order valence-electron chi connectivity index (χ4n) is 1.61. The van der Waals surface area contributed by atoms with Crippen molar-refractivity contribution in [2.75, 3.05) is 33.4 Å². The number of hydrogen-bond acceptors (Lipinski definition) is 2. The van der Waals surface area contributed by atoms with Gasteiger partial charge in [-0.2, -0.15) is 0 Å². The Morgan fingerprint density at radius 1 is 1.36 bits per heavy atom. The molecule has 3 heteroatoms. The second-order valence-electron chi connectivity index (χ2n) is 5.16. The molecule has 0 amide bonds. The Kier molecular flexibility index (Phi) is 4.68. The van der Waals surface area contributed by atoms with E-state index in [0.717, 1.165) is 19.8 Å². The van der Waals surface area contributed by atoms with Crippen molar-refractivity contribution in [3.63, 3.8) is 0 Å². The number of ether oxygens (including phenoxy) is 1. The summed E-state index contributed by atoms with van der Waals surface area (Å²) in [7, 11) is 2.12. The van der Waals surface area contributed by atoms with Crippen molar-refractivity contribution in [1.29, 1.82) is 0 Å². The van der Waals surface area contributed by atoms with Crippen molar-refractivity contribution >= 4 is 11.6 Å². The first kappa shape index (κ1) is 12.3. The van der Waals surface area contributed by atoms with Gasteiger partial charge in [0.25, 0.3) is 0 Å². The summed E-state index contributed by atoms with van der Waals surface area (Å²) in [6.45, 7) is 8.61. The highest BCUT2D eigenvalue weighted by molar-refractivity contribution is 6.20. The summed E-state index contributed by atoms with van der Waals surface area (Å²) >= 11 is 5.87. The molecule has 0 saturated carbocycles. The molecule has 2 fully saturated rings. The molecule has 0 spiro atoms. The Morgan fingerprint density at radius 2 is 1.93 bits per heavy atom. The van der Waals surface area contributed by atoms with E-state index >= 15 is 0 Å². The predicted octanol–water partition coefficient (Wildman–Crippen LogP) is 2.36. The predicted molar refractivity (Wildman–Crippen MR) is 61.0 cm³/mol. The standard InChI is InChI=1S/C6H12ClN.C5H10O/c1-8-4-2-3-6(7)5-8;1-5(2)3-6-4-5/h6H,2-5H2,1H3;3-4H2,1-2H3. The highest BCUT2D eigenvalue weighted by atomic mass is 35.5. The molecule has 2 nitrogen and oxygen atoms in total. The molecular weight excluding hydrogens is 198 g/mol. The summed E-state index contributed by atoms with van der Waals surface area (Å²) in [6.07, 6.45) is 2.47. The molecule has 0 aromatic rings. The molecule has 2 heterocycles. The fraction of sp³-hybridized carbons (Fsp3) is 1.00. The lowest BCUT2D eigenvalue weighted by atomic mass is 9.92. The number of likely N-dealkylation sites (tertiary alicyclic amines) is 1. The molecule has 84 valence electrons. The van der Waals surface area contributed by atoms with Gasteiger partial charge >= 0.3 is 0 Å². The van der Waals surface area contributed by atoms with Crippen LogP contribution in [-0.2, 0) is 4.74 Å². The minimum absolute atomic E-state index is 0.411. The minimum atomic E-state index is 0.411. The maximum atomic E-state index is 5.87. The number of piperidine rings is 1. The zero-order valence-corrected chi connectivity index (χ0v) is 10.3. The van der Waals surface area contributed by atoms with E-state index in [2.05, 4.69) is 25.8 Å². The largest absolute Gasteiger partial charge is 0.380 e.